The van der Waals surface area contributed by atoms with Crippen molar-refractivity contribution >= 4 is 5.91 Å². The molecule has 3 unspecified atom stereocenters. The molecule has 0 aromatic heterocycles. The molecule has 1 amide bonds. The number of carbonyl (C=O) groups is 1. The zero-order valence-electron chi connectivity index (χ0n) is 23.1. The number of nitrogens with one attached hydrogen (secondary N) is 1. The molecule has 0 heterocycles. The SMILES string of the molecule is C=C(C)C(Cc1cccc2c1CCCC2)NC(=O)C(CC(C)C)C(C)/C=C/C.CC(C)(C)C. The number of hydrogen-bond acceptors (Lipinski definition) is 1. The second kappa shape index (κ2) is 13.8. The van der Waals surface area contributed by atoms with Crippen molar-refractivity contribution in [2.24, 2.45) is 23.2 Å². The maximum absolute atomic E-state index is 13.2. The lowest BCUT2D eigenvalue weighted by Gasteiger charge is -2.28. The van der Waals surface area contributed by atoms with Gasteiger partial charge >= 0.3 is 0 Å². The highest BCUT2D eigenvalue weighted by molar-refractivity contribution is 5.80. The summed E-state index contributed by atoms with van der Waals surface area (Å²) in [4.78, 5) is 13.2. The van der Waals surface area contributed by atoms with Crippen LogP contribution in [0.2, 0.25) is 0 Å². The zero-order valence-corrected chi connectivity index (χ0v) is 23.1. The number of hydrogen-bond donors (Lipinski definition) is 1. The van der Waals surface area contributed by atoms with Crippen molar-refractivity contribution in [1.29, 1.82) is 0 Å². The van der Waals surface area contributed by atoms with Crippen molar-refractivity contribution < 1.29 is 4.79 Å². The van der Waals surface area contributed by atoms with Crippen molar-refractivity contribution in [1.82, 2.24) is 5.32 Å². The number of amides is 1. The van der Waals surface area contributed by atoms with Gasteiger partial charge in [0.05, 0.1) is 6.04 Å². The van der Waals surface area contributed by atoms with Gasteiger partial charge in [0.25, 0.3) is 0 Å². The van der Waals surface area contributed by atoms with Gasteiger partial charge in [-0.1, -0.05) is 91.0 Å². The van der Waals surface area contributed by atoms with Crippen LogP contribution in [0.1, 0.15) is 98.3 Å². The van der Waals surface area contributed by atoms with Crippen molar-refractivity contribution in [3.05, 3.63) is 59.2 Å². The van der Waals surface area contributed by atoms with Crippen LogP contribution >= 0.6 is 0 Å². The van der Waals surface area contributed by atoms with Crippen LogP contribution < -0.4 is 5.32 Å². The van der Waals surface area contributed by atoms with Gasteiger partial charge in [-0.2, -0.15) is 0 Å². The first-order valence-corrected chi connectivity index (χ1v) is 13.0. The lowest BCUT2D eigenvalue weighted by Crippen LogP contribution is -2.42. The molecule has 186 valence electrons. The third-order valence-corrected chi connectivity index (χ3v) is 6.02. The summed E-state index contributed by atoms with van der Waals surface area (Å²) in [6.07, 6.45) is 10.9. The van der Waals surface area contributed by atoms with Crippen molar-refractivity contribution in [3.63, 3.8) is 0 Å². The molecule has 0 bridgehead atoms. The molecule has 2 nitrogen and oxygen atoms in total. The molecular formula is C31H51NO. The lowest BCUT2D eigenvalue weighted by molar-refractivity contribution is -0.127. The Morgan fingerprint density at radius 1 is 1.12 bits per heavy atom. The summed E-state index contributed by atoms with van der Waals surface area (Å²) >= 11 is 0. The molecule has 0 fully saturated rings. The maximum atomic E-state index is 13.2. The fraction of sp³-hybridized carbons (Fsp3) is 0.645. The number of allylic oxidation sites excluding steroid dienone is 2. The predicted octanol–water partition coefficient (Wildman–Crippen LogP) is 8.10. The first-order valence-electron chi connectivity index (χ1n) is 13.0. The van der Waals surface area contributed by atoms with Gasteiger partial charge in [0.1, 0.15) is 0 Å². The molecule has 2 heteroatoms. The number of fused-ring (bicyclic) bond motifs is 1. The molecule has 0 saturated heterocycles. The van der Waals surface area contributed by atoms with E-state index in [-0.39, 0.29) is 23.8 Å². The second-order valence-electron chi connectivity index (χ2n) is 12.0. The van der Waals surface area contributed by atoms with Crippen molar-refractivity contribution in [3.8, 4) is 0 Å². The van der Waals surface area contributed by atoms with Crippen LogP contribution in [-0.2, 0) is 24.1 Å². The highest BCUT2D eigenvalue weighted by Crippen LogP contribution is 2.27. The van der Waals surface area contributed by atoms with Gasteiger partial charge in [-0.3, -0.25) is 4.79 Å². The number of aryl methyl sites for hydroxylation is 1. The average Bonchev–Trinajstić information content (AvgIpc) is 2.70. The van der Waals surface area contributed by atoms with Gasteiger partial charge in [0.15, 0.2) is 0 Å². The van der Waals surface area contributed by atoms with Gasteiger partial charge in [0.2, 0.25) is 5.91 Å². The molecule has 1 aromatic carbocycles. The molecule has 33 heavy (non-hydrogen) atoms. The van der Waals surface area contributed by atoms with E-state index in [1.165, 1.54) is 36.0 Å². The minimum Gasteiger partial charge on any atom is -0.349 e. The molecule has 0 saturated carbocycles. The van der Waals surface area contributed by atoms with E-state index in [9.17, 15) is 4.79 Å². The quantitative estimate of drug-likeness (QED) is 0.376. The van der Waals surface area contributed by atoms with Crippen LogP contribution in [0.15, 0.2) is 42.5 Å². The highest BCUT2D eigenvalue weighted by Gasteiger charge is 2.27. The first kappa shape index (κ1) is 29.2. The normalized spacial score (nSPS) is 16.4. The fourth-order valence-electron chi connectivity index (χ4n) is 4.40. The van der Waals surface area contributed by atoms with Crippen LogP contribution in [0.4, 0.5) is 0 Å². The molecular weight excluding hydrogens is 402 g/mol. The first-order chi connectivity index (χ1) is 15.3. The fourth-order valence-corrected chi connectivity index (χ4v) is 4.40. The van der Waals surface area contributed by atoms with E-state index in [2.05, 4.69) is 90.7 Å². The van der Waals surface area contributed by atoms with E-state index in [1.54, 1.807) is 0 Å². The summed E-state index contributed by atoms with van der Waals surface area (Å²) in [6.45, 7) is 23.5. The molecule has 1 aromatic rings. The van der Waals surface area contributed by atoms with E-state index in [0.29, 0.717) is 11.3 Å². The molecule has 0 spiro atoms. The van der Waals surface area contributed by atoms with Gasteiger partial charge in [-0.25, -0.2) is 0 Å². The Balaban J connectivity index is 0.000000981. The van der Waals surface area contributed by atoms with Crippen LogP contribution in [0.25, 0.3) is 0 Å². The summed E-state index contributed by atoms with van der Waals surface area (Å²) < 4.78 is 0. The predicted molar refractivity (Wildman–Crippen MR) is 146 cm³/mol. The summed E-state index contributed by atoms with van der Waals surface area (Å²) in [6, 6.07) is 6.67. The van der Waals surface area contributed by atoms with E-state index in [1.807, 2.05) is 13.8 Å². The minimum atomic E-state index is -0.00612. The van der Waals surface area contributed by atoms with Crippen LogP contribution in [0, 0.1) is 23.2 Å². The number of carbonyl (C=O) groups excluding carboxylic acids is 1. The number of rotatable bonds is 9. The molecule has 3 atom stereocenters. The molecule has 1 N–H and O–H groups in total. The Morgan fingerprint density at radius 2 is 1.73 bits per heavy atom. The summed E-state index contributed by atoms with van der Waals surface area (Å²) in [7, 11) is 0. The molecule has 2 rings (SSSR count). The zero-order chi connectivity index (χ0) is 25.2. The average molecular weight is 454 g/mol. The van der Waals surface area contributed by atoms with Crippen LogP contribution in [0.3, 0.4) is 0 Å². The summed E-state index contributed by atoms with van der Waals surface area (Å²) in [5, 5.41) is 3.34. The second-order valence-corrected chi connectivity index (χ2v) is 12.0. The molecule has 0 radical (unpaired) electrons. The Bertz CT molecular complexity index is 775. The van der Waals surface area contributed by atoms with Crippen molar-refractivity contribution in [2.45, 2.75) is 107 Å². The smallest absolute Gasteiger partial charge is 0.224 e. The third-order valence-electron chi connectivity index (χ3n) is 6.02. The van der Waals surface area contributed by atoms with Gasteiger partial charge in [0, 0.05) is 5.92 Å². The minimum absolute atomic E-state index is 0.00254. The molecule has 0 aliphatic heterocycles. The Hall–Kier alpha value is -1.83. The number of benzene rings is 1. The Kier molecular flexibility index (Phi) is 12.2. The lowest BCUT2D eigenvalue weighted by atomic mass is 9.84. The largest absolute Gasteiger partial charge is 0.349 e. The van der Waals surface area contributed by atoms with E-state index < -0.39 is 0 Å². The van der Waals surface area contributed by atoms with E-state index in [4.69, 9.17) is 0 Å². The van der Waals surface area contributed by atoms with Gasteiger partial charge in [-0.15, -0.1) is 0 Å². The van der Waals surface area contributed by atoms with Crippen molar-refractivity contribution in [2.75, 3.05) is 0 Å². The monoisotopic (exact) mass is 453 g/mol. The van der Waals surface area contributed by atoms with Gasteiger partial charge < -0.3 is 5.32 Å². The Labute approximate surface area is 205 Å². The summed E-state index contributed by atoms with van der Waals surface area (Å²) in [5.74, 6) is 0.898. The van der Waals surface area contributed by atoms with Crippen LogP contribution in [0.5, 0.6) is 0 Å². The standard InChI is InChI=1S/C26H39NO.C5H12/c1-7-11-20(6)24(16-18(2)3)26(28)27-25(19(4)5)17-22-14-10-13-21-12-8-9-15-23(21)22;1-5(2,3)4/h7,10-11,13-14,18,20,24-25H,4,8-9,12,15-17H2,1-3,5-6H3,(H,27,28);1-4H3/b11-7+;. The van der Waals surface area contributed by atoms with Gasteiger partial charge in [-0.05, 0) is 86.3 Å². The topological polar surface area (TPSA) is 29.1 Å². The van der Waals surface area contributed by atoms with Crippen LogP contribution in [-0.4, -0.2) is 11.9 Å². The Morgan fingerprint density at radius 3 is 2.27 bits per heavy atom. The van der Waals surface area contributed by atoms with E-state index in [0.717, 1.165) is 24.8 Å². The molecule has 1 aliphatic carbocycles. The maximum Gasteiger partial charge on any atom is 0.224 e. The highest BCUT2D eigenvalue weighted by atomic mass is 16.2. The van der Waals surface area contributed by atoms with E-state index >= 15 is 0 Å². The summed E-state index contributed by atoms with van der Waals surface area (Å²) in [5.41, 5.74) is 5.92. The third kappa shape index (κ3) is 11.2. The molecule has 1 aliphatic rings.